The van der Waals surface area contributed by atoms with E-state index < -0.39 is 5.41 Å². The number of nitrogens with zero attached hydrogens (tertiary/aromatic N) is 1. The molecule has 1 heterocycles. The monoisotopic (exact) mass is 254 g/mol. The summed E-state index contributed by atoms with van der Waals surface area (Å²) in [5, 5.41) is 12.3. The van der Waals surface area contributed by atoms with Gasteiger partial charge in [-0.05, 0) is 51.6 Å². The molecular weight excluding hydrogens is 228 g/mol. The molecule has 0 bridgehead atoms. The third-order valence-electron chi connectivity index (χ3n) is 4.66. The molecule has 0 spiro atoms. The van der Waals surface area contributed by atoms with E-state index in [1.807, 2.05) is 0 Å². The lowest BCUT2D eigenvalue weighted by Crippen LogP contribution is -2.48. The maximum Gasteiger partial charge on any atom is 0.228 e. The van der Waals surface area contributed by atoms with Crippen molar-refractivity contribution in [3.63, 3.8) is 0 Å². The van der Waals surface area contributed by atoms with Crippen LogP contribution in [-0.4, -0.2) is 49.2 Å². The maximum absolute atomic E-state index is 12.0. The van der Waals surface area contributed by atoms with Gasteiger partial charge in [0.2, 0.25) is 5.91 Å². The van der Waals surface area contributed by atoms with Gasteiger partial charge >= 0.3 is 0 Å². The van der Waals surface area contributed by atoms with Gasteiger partial charge in [0.15, 0.2) is 0 Å². The van der Waals surface area contributed by atoms with Gasteiger partial charge in [0, 0.05) is 13.1 Å². The summed E-state index contributed by atoms with van der Waals surface area (Å²) in [6.45, 7) is 3.13. The van der Waals surface area contributed by atoms with Crippen LogP contribution in [0.5, 0.6) is 0 Å². The van der Waals surface area contributed by atoms with Gasteiger partial charge in [0.05, 0.1) is 12.0 Å². The highest BCUT2D eigenvalue weighted by Gasteiger charge is 2.43. The minimum absolute atomic E-state index is 0.00496. The summed E-state index contributed by atoms with van der Waals surface area (Å²) in [6, 6.07) is 0. The van der Waals surface area contributed by atoms with Crippen LogP contribution in [0, 0.1) is 11.3 Å². The van der Waals surface area contributed by atoms with Crippen LogP contribution in [0.2, 0.25) is 0 Å². The van der Waals surface area contributed by atoms with Crippen LogP contribution in [0.1, 0.15) is 38.5 Å². The first kappa shape index (κ1) is 13.8. The van der Waals surface area contributed by atoms with Gasteiger partial charge in [-0.2, -0.15) is 0 Å². The topological polar surface area (TPSA) is 52.6 Å². The molecule has 0 aromatic rings. The van der Waals surface area contributed by atoms with E-state index in [9.17, 15) is 9.90 Å². The molecule has 1 saturated carbocycles. The molecular formula is C14H26N2O2. The number of likely N-dealkylation sites (tertiary alicyclic amines) is 1. The smallest absolute Gasteiger partial charge is 0.228 e. The van der Waals surface area contributed by atoms with Crippen LogP contribution in [0.25, 0.3) is 0 Å². The second-order valence-corrected chi connectivity index (χ2v) is 6.11. The molecule has 1 atom stereocenters. The number of aliphatic hydroxyl groups is 1. The predicted molar refractivity (Wildman–Crippen MR) is 71.2 cm³/mol. The molecule has 0 aromatic heterocycles. The van der Waals surface area contributed by atoms with Gasteiger partial charge in [-0.25, -0.2) is 0 Å². The molecule has 0 radical (unpaired) electrons. The second-order valence-electron chi connectivity index (χ2n) is 6.11. The lowest BCUT2D eigenvalue weighted by atomic mass is 9.68. The van der Waals surface area contributed by atoms with Gasteiger partial charge in [-0.1, -0.05) is 6.42 Å². The number of amides is 1. The van der Waals surface area contributed by atoms with E-state index in [-0.39, 0.29) is 12.5 Å². The maximum atomic E-state index is 12.0. The van der Waals surface area contributed by atoms with Crippen LogP contribution in [0.15, 0.2) is 0 Å². The minimum atomic E-state index is -0.441. The Labute approximate surface area is 110 Å². The Morgan fingerprint density at radius 1 is 1.44 bits per heavy atom. The van der Waals surface area contributed by atoms with Crippen molar-refractivity contribution in [3.8, 4) is 0 Å². The molecule has 4 heteroatoms. The number of carbonyl (C=O) groups excluding carboxylic acids is 1. The van der Waals surface area contributed by atoms with Crippen molar-refractivity contribution in [3.05, 3.63) is 0 Å². The zero-order valence-electron chi connectivity index (χ0n) is 11.5. The second kappa shape index (κ2) is 6.02. The van der Waals surface area contributed by atoms with E-state index >= 15 is 0 Å². The van der Waals surface area contributed by atoms with Crippen molar-refractivity contribution in [2.45, 2.75) is 38.5 Å². The highest BCUT2D eigenvalue weighted by Crippen LogP contribution is 2.40. The van der Waals surface area contributed by atoms with Crippen LogP contribution < -0.4 is 5.32 Å². The SMILES string of the molecule is CN1CCCC(CCNC(=O)C2(CO)CCC2)C1. The lowest BCUT2D eigenvalue weighted by molar-refractivity contribution is -0.139. The fourth-order valence-electron chi connectivity index (χ4n) is 3.15. The van der Waals surface area contributed by atoms with Gasteiger partial charge < -0.3 is 15.3 Å². The molecule has 1 unspecified atom stereocenters. The molecule has 1 aliphatic carbocycles. The van der Waals surface area contributed by atoms with Gasteiger partial charge in [-0.15, -0.1) is 0 Å². The molecule has 1 saturated heterocycles. The standard InChI is InChI=1S/C14H26N2O2/c1-16-9-2-4-12(10-16)5-8-15-13(18)14(11-17)6-3-7-14/h12,17H,2-11H2,1H3,(H,15,18). The Morgan fingerprint density at radius 3 is 2.78 bits per heavy atom. The summed E-state index contributed by atoms with van der Waals surface area (Å²) in [6.07, 6.45) is 6.39. The van der Waals surface area contributed by atoms with Crippen LogP contribution in [0.3, 0.4) is 0 Å². The Balaban J connectivity index is 1.67. The molecule has 2 aliphatic rings. The molecule has 2 N–H and O–H groups in total. The number of rotatable bonds is 5. The summed E-state index contributed by atoms with van der Waals surface area (Å²) >= 11 is 0. The first-order valence-electron chi connectivity index (χ1n) is 7.24. The average molecular weight is 254 g/mol. The molecule has 1 aliphatic heterocycles. The number of hydrogen-bond acceptors (Lipinski definition) is 3. The van der Waals surface area contributed by atoms with E-state index in [0.29, 0.717) is 0 Å². The summed E-state index contributed by atoms with van der Waals surface area (Å²) < 4.78 is 0. The summed E-state index contributed by atoms with van der Waals surface area (Å²) in [4.78, 5) is 14.4. The predicted octanol–water partition coefficient (Wildman–Crippen LogP) is 0.997. The Hall–Kier alpha value is -0.610. The number of piperidine rings is 1. The first-order valence-corrected chi connectivity index (χ1v) is 7.24. The normalized spacial score (nSPS) is 27.6. The molecule has 0 aromatic carbocycles. The summed E-state index contributed by atoms with van der Waals surface area (Å²) in [5.74, 6) is 0.788. The zero-order chi connectivity index (χ0) is 13.0. The van der Waals surface area contributed by atoms with Crippen molar-refractivity contribution in [2.75, 3.05) is 33.3 Å². The molecule has 1 amide bonds. The number of aliphatic hydroxyl groups excluding tert-OH is 1. The van der Waals surface area contributed by atoms with Crippen molar-refractivity contribution in [2.24, 2.45) is 11.3 Å². The van der Waals surface area contributed by atoms with Crippen molar-refractivity contribution in [1.82, 2.24) is 10.2 Å². The van der Waals surface area contributed by atoms with Crippen LogP contribution in [0.4, 0.5) is 0 Å². The Bertz CT molecular complexity index is 284. The summed E-state index contributed by atoms with van der Waals surface area (Å²) in [7, 11) is 2.17. The van der Waals surface area contributed by atoms with Gasteiger partial charge in [-0.3, -0.25) is 4.79 Å². The molecule has 104 valence electrons. The van der Waals surface area contributed by atoms with Crippen molar-refractivity contribution < 1.29 is 9.90 Å². The largest absolute Gasteiger partial charge is 0.395 e. The van der Waals surface area contributed by atoms with Gasteiger partial charge in [0.1, 0.15) is 0 Å². The average Bonchev–Trinajstić information content (AvgIpc) is 2.28. The third kappa shape index (κ3) is 3.04. The highest BCUT2D eigenvalue weighted by molar-refractivity contribution is 5.83. The van der Waals surface area contributed by atoms with E-state index in [0.717, 1.165) is 44.7 Å². The highest BCUT2D eigenvalue weighted by atomic mass is 16.3. The lowest BCUT2D eigenvalue weighted by Gasteiger charge is -2.38. The summed E-state index contributed by atoms with van der Waals surface area (Å²) in [5.41, 5.74) is -0.441. The quantitative estimate of drug-likeness (QED) is 0.769. The number of carbonyl (C=O) groups is 1. The Morgan fingerprint density at radius 2 is 2.22 bits per heavy atom. The minimum Gasteiger partial charge on any atom is -0.395 e. The van der Waals surface area contributed by atoms with Gasteiger partial charge in [0.25, 0.3) is 0 Å². The van der Waals surface area contributed by atoms with E-state index in [2.05, 4.69) is 17.3 Å². The first-order chi connectivity index (χ1) is 8.66. The fraction of sp³-hybridized carbons (Fsp3) is 0.929. The molecule has 2 fully saturated rings. The fourth-order valence-corrected chi connectivity index (χ4v) is 3.15. The Kier molecular flexibility index (Phi) is 4.62. The van der Waals surface area contributed by atoms with E-state index in [1.54, 1.807) is 0 Å². The van der Waals surface area contributed by atoms with Crippen LogP contribution in [-0.2, 0) is 4.79 Å². The van der Waals surface area contributed by atoms with E-state index in [4.69, 9.17) is 0 Å². The van der Waals surface area contributed by atoms with Crippen molar-refractivity contribution in [1.29, 1.82) is 0 Å². The third-order valence-corrected chi connectivity index (χ3v) is 4.66. The molecule has 18 heavy (non-hydrogen) atoms. The van der Waals surface area contributed by atoms with Crippen molar-refractivity contribution >= 4 is 5.91 Å². The zero-order valence-corrected chi connectivity index (χ0v) is 11.5. The number of nitrogens with one attached hydrogen (secondary N) is 1. The van der Waals surface area contributed by atoms with E-state index in [1.165, 1.54) is 19.4 Å². The van der Waals surface area contributed by atoms with Crippen LogP contribution >= 0.6 is 0 Å². The number of hydrogen-bond donors (Lipinski definition) is 2. The molecule has 4 nitrogen and oxygen atoms in total. The molecule has 2 rings (SSSR count).